The van der Waals surface area contributed by atoms with Crippen molar-refractivity contribution in [3.8, 4) is 0 Å². The van der Waals surface area contributed by atoms with Crippen LogP contribution in [0.3, 0.4) is 0 Å². The number of thiophene rings is 1. The number of carbonyl (C=O) groups is 2. The summed E-state index contributed by atoms with van der Waals surface area (Å²) in [4.78, 5) is 25.8. The number of anilines is 2. The molecule has 0 radical (unpaired) electrons. The van der Waals surface area contributed by atoms with Crippen molar-refractivity contribution < 1.29 is 14.0 Å². The maximum atomic E-state index is 14.2. The Morgan fingerprint density at radius 3 is 2.69 bits per heavy atom. The Balaban J connectivity index is 1.41. The average molecular weight is 375 g/mol. The Labute approximate surface area is 156 Å². The molecule has 0 saturated carbocycles. The lowest BCUT2D eigenvalue weighted by Crippen LogP contribution is -2.25. The molecule has 5 nitrogen and oxygen atoms in total. The van der Waals surface area contributed by atoms with Crippen molar-refractivity contribution >= 4 is 34.5 Å². The van der Waals surface area contributed by atoms with Gasteiger partial charge >= 0.3 is 0 Å². The minimum absolute atomic E-state index is 0.133. The van der Waals surface area contributed by atoms with Crippen LogP contribution in [0.5, 0.6) is 0 Å². The number of carbonyl (C=O) groups excluding carboxylic acids is 2. The molecule has 2 N–H and O–H groups in total. The first-order valence-corrected chi connectivity index (χ1v) is 9.72. The van der Waals surface area contributed by atoms with Crippen LogP contribution in [-0.4, -0.2) is 31.4 Å². The Hall–Kier alpha value is -2.41. The van der Waals surface area contributed by atoms with Gasteiger partial charge in [-0.15, -0.1) is 0 Å². The van der Waals surface area contributed by atoms with Crippen LogP contribution in [0.1, 0.15) is 36.0 Å². The molecule has 1 fully saturated rings. The van der Waals surface area contributed by atoms with Gasteiger partial charge in [-0.05, 0) is 48.9 Å². The summed E-state index contributed by atoms with van der Waals surface area (Å²) in [6.45, 7) is 2.17. The SMILES string of the molecule is O=C(CCCNC(=O)c1ccsc1)Nc1ccc(N2CCCC2)c(F)c1. The van der Waals surface area contributed by atoms with Gasteiger partial charge in [-0.1, -0.05) is 0 Å². The second kappa shape index (κ2) is 8.80. The van der Waals surface area contributed by atoms with Gasteiger partial charge in [0.25, 0.3) is 5.91 Å². The lowest BCUT2D eigenvalue weighted by Gasteiger charge is -2.18. The summed E-state index contributed by atoms with van der Waals surface area (Å²) >= 11 is 1.46. The zero-order chi connectivity index (χ0) is 18.4. The molecule has 1 saturated heterocycles. The maximum absolute atomic E-state index is 14.2. The molecule has 1 aliphatic heterocycles. The van der Waals surface area contributed by atoms with Gasteiger partial charge in [0, 0.05) is 42.7 Å². The fourth-order valence-electron chi connectivity index (χ4n) is 2.97. The predicted molar refractivity (Wildman–Crippen MR) is 102 cm³/mol. The van der Waals surface area contributed by atoms with Gasteiger partial charge < -0.3 is 15.5 Å². The van der Waals surface area contributed by atoms with E-state index >= 15 is 0 Å². The number of halogens is 1. The summed E-state index contributed by atoms with van der Waals surface area (Å²) in [6, 6.07) is 6.57. The minimum Gasteiger partial charge on any atom is -0.369 e. The molecule has 2 heterocycles. The van der Waals surface area contributed by atoms with Gasteiger partial charge in [0.15, 0.2) is 0 Å². The number of hydrogen-bond acceptors (Lipinski definition) is 4. The minimum atomic E-state index is -0.312. The topological polar surface area (TPSA) is 61.4 Å². The molecule has 2 amide bonds. The van der Waals surface area contributed by atoms with Crippen molar-refractivity contribution in [2.45, 2.75) is 25.7 Å². The molecular formula is C19H22FN3O2S. The smallest absolute Gasteiger partial charge is 0.252 e. The average Bonchev–Trinajstić information content (AvgIpc) is 3.32. The summed E-state index contributed by atoms with van der Waals surface area (Å²) in [6.07, 6.45) is 2.96. The molecule has 26 heavy (non-hydrogen) atoms. The van der Waals surface area contributed by atoms with E-state index in [4.69, 9.17) is 0 Å². The third kappa shape index (κ3) is 4.82. The molecule has 0 aliphatic carbocycles. The van der Waals surface area contributed by atoms with Crippen LogP contribution in [0.15, 0.2) is 35.0 Å². The third-order valence-electron chi connectivity index (χ3n) is 4.33. The van der Waals surface area contributed by atoms with E-state index in [2.05, 4.69) is 10.6 Å². The molecule has 138 valence electrons. The third-order valence-corrected chi connectivity index (χ3v) is 5.01. The summed E-state index contributed by atoms with van der Waals surface area (Å²) in [5, 5.41) is 9.11. The highest BCUT2D eigenvalue weighted by Gasteiger charge is 2.16. The Morgan fingerprint density at radius 2 is 2.00 bits per heavy atom. The maximum Gasteiger partial charge on any atom is 0.252 e. The zero-order valence-electron chi connectivity index (χ0n) is 14.5. The monoisotopic (exact) mass is 375 g/mol. The number of nitrogens with one attached hydrogen (secondary N) is 2. The van der Waals surface area contributed by atoms with Crippen molar-refractivity contribution in [3.63, 3.8) is 0 Å². The quantitative estimate of drug-likeness (QED) is 0.727. The van der Waals surface area contributed by atoms with Gasteiger partial charge in [0.1, 0.15) is 5.82 Å². The highest BCUT2D eigenvalue weighted by molar-refractivity contribution is 7.08. The van der Waals surface area contributed by atoms with Gasteiger partial charge in [-0.25, -0.2) is 4.39 Å². The highest BCUT2D eigenvalue weighted by atomic mass is 32.1. The second-order valence-corrected chi connectivity index (χ2v) is 7.06. The molecule has 3 rings (SSSR count). The molecular weight excluding hydrogens is 353 g/mol. The van der Waals surface area contributed by atoms with Crippen LogP contribution in [0.2, 0.25) is 0 Å². The molecule has 2 aromatic rings. The summed E-state index contributed by atoms with van der Waals surface area (Å²) in [7, 11) is 0. The van der Waals surface area contributed by atoms with E-state index in [1.165, 1.54) is 17.4 Å². The van der Waals surface area contributed by atoms with Gasteiger partial charge in [0.05, 0.1) is 5.69 Å². The van der Waals surface area contributed by atoms with E-state index in [-0.39, 0.29) is 24.1 Å². The highest BCUT2D eigenvalue weighted by Crippen LogP contribution is 2.26. The van der Waals surface area contributed by atoms with Crippen LogP contribution in [0, 0.1) is 5.82 Å². The normalized spacial score (nSPS) is 13.7. The van der Waals surface area contributed by atoms with Gasteiger partial charge in [-0.3, -0.25) is 9.59 Å². The summed E-state index contributed by atoms with van der Waals surface area (Å²) in [5.74, 6) is -0.637. The van der Waals surface area contributed by atoms with E-state index < -0.39 is 0 Å². The van der Waals surface area contributed by atoms with Crippen molar-refractivity contribution in [2.75, 3.05) is 29.9 Å². The Kier molecular flexibility index (Phi) is 6.22. The second-order valence-electron chi connectivity index (χ2n) is 6.28. The molecule has 1 aromatic heterocycles. The van der Waals surface area contributed by atoms with Gasteiger partial charge in [0.2, 0.25) is 5.91 Å². The number of nitrogens with zero attached hydrogens (tertiary/aromatic N) is 1. The van der Waals surface area contributed by atoms with Crippen molar-refractivity contribution in [1.82, 2.24) is 5.32 Å². The van der Waals surface area contributed by atoms with E-state index in [9.17, 15) is 14.0 Å². The molecule has 0 unspecified atom stereocenters. The molecule has 1 aliphatic rings. The fourth-order valence-corrected chi connectivity index (χ4v) is 3.61. The van der Waals surface area contributed by atoms with Crippen molar-refractivity contribution in [1.29, 1.82) is 0 Å². The van der Waals surface area contributed by atoms with Crippen LogP contribution in [0.25, 0.3) is 0 Å². The molecule has 0 bridgehead atoms. The summed E-state index contributed by atoms with van der Waals surface area (Å²) in [5.41, 5.74) is 1.68. The predicted octanol–water partition coefficient (Wildman–Crippen LogP) is 3.64. The zero-order valence-corrected chi connectivity index (χ0v) is 15.3. The first-order chi connectivity index (χ1) is 12.6. The van der Waals surface area contributed by atoms with Crippen LogP contribution in [0.4, 0.5) is 15.8 Å². The van der Waals surface area contributed by atoms with Crippen LogP contribution in [-0.2, 0) is 4.79 Å². The van der Waals surface area contributed by atoms with Crippen LogP contribution < -0.4 is 15.5 Å². The molecule has 1 aromatic carbocycles. The van der Waals surface area contributed by atoms with E-state index in [1.54, 1.807) is 23.6 Å². The number of rotatable bonds is 7. The van der Waals surface area contributed by atoms with E-state index in [1.807, 2.05) is 10.3 Å². The lowest BCUT2D eigenvalue weighted by molar-refractivity contribution is -0.116. The number of hydrogen-bond donors (Lipinski definition) is 2. The standard InChI is InChI=1S/C19H22FN3O2S/c20-16-12-15(5-6-17(16)23-9-1-2-10-23)22-18(24)4-3-8-21-19(25)14-7-11-26-13-14/h5-7,11-13H,1-4,8-10H2,(H,21,25)(H,22,24). The first-order valence-electron chi connectivity index (χ1n) is 8.78. The molecule has 7 heteroatoms. The molecule has 0 spiro atoms. The number of benzene rings is 1. The number of amides is 2. The largest absolute Gasteiger partial charge is 0.369 e. The Morgan fingerprint density at radius 1 is 1.19 bits per heavy atom. The van der Waals surface area contributed by atoms with E-state index in [0.29, 0.717) is 29.9 Å². The van der Waals surface area contributed by atoms with Crippen molar-refractivity contribution in [3.05, 3.63) is 46.4 Å². The van der Waals surface area contributed by atoms with E-state index in [0.717, 1.165) is 25.9 Å². The lowest BCUT2D eigenvalue weighted by atomic mass is 10.2. The summed E-state index contributed by atoms with van der Waals surface area (Å²) < 4.78 is 14.2. The first kappa shape index (κ1) is 18.4. The van der Waals surface area contributed by atoms with Crippen molar-refractivity contribution in [2.24, 2.45) is 0 Å². The fraction of sp³-hybridized carbons (Fsp3) is 0.368. The van der Waals surface area contributed by atoms with Gasteiger partial charge in [-0.2, -0.15) is 11.3 Å². The van der Waals surface area contributed by atoms with Crippen LogP contribution >= 0.6 is 11.3 Å². The Bertz CT molecular complexity index is 758. The molecule has 0 atom stereocenters.